The second kappa shape index (κ2) is 3.19. The van der Waals surface area contributed by atoms with Gasteiger partial charge in [0.05, 0.1) is 0 Å². The zero-order chi connectivity index (χ0) is 8.27. The Kier molecular flexibility index (Phi) is 2.26. The summed E-state index contributed by atoms with van der Waals surface area (Å²) in [6.45, 7) is 1.73. The van der Waals surface area contributed by atoms with Crippen molar-refractivity contribution in [3.63, 3.8) is 0 Å². The molecule has 11 heavy (non-hydrogen) atoms. The zero-order valence-corrected chi connectivity index (χ0v) is 6.46. The van der Waals surface area contributed by atoms with Crippen molar-refractivity contribution in [2.45, 2.75) is 13.3 Å². The Bertz CT molecular complexity index is 268. The summed E-state index contributed by atoms with van der Waals surface area (Å²) in [6.07, 6.45) is 0.534. The highest BCUT2D eigenvalue weighted by Gasteiger charge is 1.98. The first kappa shape index (κ1) is 7.79. The van der Waals surface area contributed by atoms with Gasteiger partial charge in [0.1, 0.15) is 5.75 Å². The lowest BCUT2D eigenvalue weighted by molar-refractivity contribution is 0.470. The van der Waals surface area contributed by atoms with E-state index in [1.54, 1.807) is 19.1 Å². The second-order valence-electron chi connectivity index (χ2n) is 2.59. The van der Waals surface area contributed by atoms with E-state index >= 15 is 0 Å². The highest BCUT2D eigenvalue weighted by Crippen LogP contribution is 2.15. The van der Waals surface area contributed by atoms with Gasteiger partial charge in [-0.15, -0.1) is 0 Å². The maximum Gasteiger partial charge on any atom is 0.119 e. The number of hydrogen-bond donors (Lipinski definition) is 2. The van der Waals surface area contributed by atoms with Gasteiger partial charge in [0, 0.05) is 12.1 Å². The van der Waals surface area contributed by atoms with Gasteiger partial charge in [0.2, 0.25) is 0 Å². The fourth-order valence-corrected chi connectivity index (χ4v) is 0.946. The summed E-state index contributed by atoms with van der Waals surface area (Å²) in [4.78, 5) is 0. The molecule has 0 fully saturated rings. The first-order chi connectivity index (χ1) is 5.20. The normalized spacial score (nSPS) is 9.55. The fourth-order valence-electron chi connectivity index (χ4n) is 0.946. The van der Waals surface area contributed by atoms with Gasteiger partial charge < -0.3 is 10.5 Å². The summed E-state index contributed by atoms with van der Waals surface area (Å²) in [5.74, 6) is 0.277. The van der Waals surface area contributed by atoms with Crippen LogP contribution in [0.25, 0.3) is 0 Å². The van der Waals surface area contributed by atoms with Crippen LogP contribution in [-0.4, -0.2) is 10.8 Å². The number of rotatable bonds is 2. The van der Waals surface area contributed by atoms with Crippen LogP contribution in [-0.2, 0) is 6.42 Å². The minimum Gasteiger partial charge on any atom is -0.508 e. The Morgan fingerprint density at radius 2 is 2.09 bits per heavy atom. The molecule has 0 amide bonds. The van der Waals surface area contributed by atoms with Gasteiger partial charge >= 0.3 is 0 Å². The summed E-state index contributed by atoms with van der Waals surface area (Å²) >= 11 is 0. The number of para-hydroxylation sites is 1. The second-order valence-corrected chi connectivity index (χ2v) is 2.59. The predicted molar refractivity (Wildman–Crippen MR) is 45.2 cm³/mol. The van der Waals surface area contributed by atoms with Crippen LogP contribution in [0.4, 0.5) is 0 Å². The molecule has 0 aliphatic heterocycles. The smallest absolute Gasteiger partial charge is 0.119 e. The maximum atomic E-state index is 9.26. The maximum absolute atomic E-state index is 9.26. The SMILES string of the molecule is CC(=N)Cc1ccccc1O. The molecule has 0 unspecified atom stereocenters. The fraction of sp³-hybridized carbons (Fsp3) is 0.222. The Hall–Kier alpha value is -1.31. The molecule has 2 heteroatoms. The molecule has 0 heterocycles. The molecule has 0 aliphatic carbocycles. The van der Waals surface area contributed by atoms with Crippen molar-refractivity contribution in [1.82, 2.24) is 0 Å². The summed E-state index contributed by atoms with van der Waals surface area (Å²) < 4.78 is 0. The van der Waals surface area contributed by atoms with Crippen LogP contribution in [0, 0.1) is 5.41 Å². The molecule has 1 rings (SSSR count). The molecule has 2 nitrogen and oxygen atoms in total. The van der Waals surface area contributed by atoms with E-state index in [1.165, 1.54) is 0 Å². The first-order valence-corrected chi connectivity index (χ1v) is 3.51. The summed E-state index contributed by atoms with van der Waals surface area (Å²) in [6, 6.07) is 7.10. The van der Waals surface area contributed by atoms with E-state index in [9.17, 15) is 5.11 Å². The largest absolute Gasteiger partial charge is 0.508 e. The quantitative estimate of drug-likeness (QED) is 0.620. The van der Waals surface area contributed by atoms with Gasteiger partial charge in [-0.3, -0.25) is 0 Å². The van der Waals surface area contributed by atoms with Gasteiger partial charge in [-0.2, -0.15) is 0 Å². The number of phenols is 1. The number of aromatic hydroxyl groups is 1. The average Bonchev–Trinajstić information content (AvgIpc) is 1.93. The van der Waals surface area contributed by atoms with Crippen molar-refractivity contribution >= 4 is 5.71 Å². The van der Waals surface area contributed by atoms with Crippen LogP contribution in [0.1, 0.15) is 12.5 Å². The van der Waals surface area contributed by atoms with E-state index in [0.29, 0.717) is 12.1 Å². The molecule has 0 spiro atoms. The van der Waals surface area contributed by atoms with Crippen molar-refractivity contribution in [1.29, 1.82) is 5.41 Å². The molecule has 0 aliphatic rings. The van der Waals surface area contributed by atoms with Crippen molar-refractivity contribution in [2.75, 3.05) is 0 Å². The standard InChI is InChI=1S/C9H11NO/c1-7(10)6-8-4-2-3-5-9(8)11/h2-5,10-11H,6H2,1H3. The Morgan fingerprint density at radius 3 is 2.64 bits per heavy atom. The molecule has 1 aromatic rings. The average molecular weight is 149 g/mol. The molecule has 1 aromatic carbocycles. The van der Waals surface area contributed by atoms with Crippen LogP contribution in [0.15, 0.2) is 24.3 Å². The number of phenolic OH excluding ortho intramolecular Hbond substituents is 1. The summed E-state index contributed by atoms with van der Waals surface area (Å²) in [5, 5.41) is 16.5. The minimum absolute atomic E-state index is 0.277. The van der Waals surface area contributed by atoms with Crippen LogP contribution in [0.3, 0.4) is 0 Å². The van der Waals surface area contributed by atoms with Crippen molar-refractivity contribution < 1.29 is 5.11 Å². The van der Waals surface area contributed by atoms with Gasteiger partial charge in [-0.1, -0.05) is 18.2 Å². The van der Waals surface area contributed by atoms with Gasteiger partial charge in [-0.25, -0.2) is 0 Å². The molecule has 58 valence electrons. The lowest BCUT2D eigenvalue weighted by atomic mass is 10.1. The van der Waals surface area contributed by atoms with Crippen LogP contribution in [0.2, 0.25) is 0 Å². The number of nitrogens with one attached hydrogen (secondary N) is 1. The molecule has 0 atom stereocenters. The monoisotopic (exact) mass is 149 g/mol. The van der Waals surface area contributed by atoms with Gasteiger partial charge in [-0.05, 0) is 18.6 Å². The lowest BCUT2D eigenvalue weighted by Gasteiger charge is -2.00. The van der Waals surface area contributed by atoms with Crippen molar-refractivity contribution in [3.05, 3.63) is 29.8 Å². The van der Waals surface area contributed by atoms with Crippen molar-refractivity contribution in [2.24, 2.45) is 0 Å². The molecular weight excluding hydrogens is 138 g/mol. The Morgan fingerprint density at radius 1 is 1.45 bits per heavy atom. The predicted octanol–water partition coefficient (Wildman–Crippen LogP) is 1.97. The molecule has 0 aromatic heterocycles. The number of hydrogen-bond acceptors (Lipinski definition) is 2. The molecule has 2 N–H and O–H groups in total. The Labute approximate surface area is 66.0 Å². The third-order valence-corrected chi connectivity index (χ3v) is 1.45. The van der Waals surface area contributed by atoms with E-state index in [-0.39, 0.29) is 5.75 Å². The van der Waals surface area contributed by atoms with E-state index < -0.39 is 0 Å². The van der Waals surface area contributed by atoms with E-state index in [1.807, 2.05) is 12.1 Å². The molecule has 0 bridgehead atoms. The lowest BCUT2D eigenvalue weighted by Crippen LogP contribution is -1.94. The van der Waals surface area contributed by atoms with Crippen LogP contribution in [0.5, 0.6) is 5.75 Å². The Balaban J connectivity index is 2.86. The van der Waals surface area contributed by atoms with Crippen LogP contribution < -0.4 is 0 Å². The van der Waals surface area contributed by atoms with E-state index in [4.69, 9.17) is 5.41 Å². The molecule has 0 radical (unpaired) electrons. The third-order valence-electron chi connectivity index (χ3n) is 1.45. The molecule has 0 saturated heterocycles. The topological polar surface area (TPSA) is 44.1 Å². The van der Waals surface area contributed by atoms with Gasteiger partial charge in [0.15, 0.2) is 0 Å². The van der Waals surface area contributed by atoms with E-state index in [2.05, 4.69) is 0 Å². The van der Waals surface area contributed by atoms with E-state index in [0.717, 1.165) is 5.56 Å². The van der Waals surface area contributed by atoms with Crippen molar-refractivity contribution in [3.8, 4) is 5.75 Å². The van der Waals surface area contributed by atoms with Gasteiger partial charge in [0.25, 0.3) is 0 Å². The summed E-state index contributed by atoms with van der Waals surface area (Å²) in [7, 11) is 0. The minimum atomic E-state index is 0.277. The third kappa shape index (κ3) is 2.08. The zero-order valence-electron chi connectivity index (χ0n) is 6.46. The molecule has 0 saturated carbocycles. The highest BCUT2D eigenvalue weighted by molar-refractivity contribution is 5.81. The number of benzene rings is 1. The summed E-state index contributed by atoms with van der Waals surface area (Å²) in [5.41, 5.74) is 1.38. The molecular formula is C9H11NO. The van der Waals surface area contributed by atoms with Crippen LogP contribution >= 0.6 is 0 Å². The highest BCUT2D eigenvalue weighted by atomic mass is 16.3. The first-order valence-electron chi connectivity index (χ1n) is 3.51.